The highest BCUT2D eigenvalue weighted by Crippen LogP contribution is 2.16. The lowest BCUT2D eigenvalue weighted by molar-refractivity contribution is -0.0919. The summed E-state index contributed by atoms with van der Waals surface area (Å²) in [6.07, 6.45) is 2.63. The van der Waals surface area contributed by atoms with Crippen molar-refractivity contribution in [1.29, 1.82) is 0 Å². The first-order valence-electron chi connectivity index (χ1n) is 4.10. The van der Waals surface area contributed by atoms with Crippen molar-refractivity contribution >= 4 is 0 Å². The van der Waals surface area contributed by atoms with Crippen molar-refractivity contribution in [2.75, 3.05) is 19.8 Å². The zero-order chi connectivity index (χ0) is 9.10. The third-order valence-electron chi connectivity index (χ3n) is 1.84. The Kier molecular flexibility index (Phi) is 2.37. The van der Waals surface area contributed by atoms with Gasteiger partial charge in [0.15, 0.2) is 0 Å². The molecule has 1 saturated heterocycles. The van der Waals surface area contributed by atoms with Crippen LogP contribution in [0.5, 0.6) is 0 Å². The predicted octanol–water partition coefficient (Wildman–Crippen LogP) is -0.142. The molecule has 0 spiro atoms. The number of H-pyrrole nitrogens is 1. The maximum atomic E-state index is 10.9. The fraction of sp³-hybridized carbons (Fsp3) is 0.500. The summed E-state index contributed by atoms with van der Waals surface area (Å²) in [7, 11) is 0. The average Bonchev–Trinajstić information content (AvgIpc) is 2.19. The SMILES string of the molecule is O=c1cncc(C2COCCO2)[nH]1. The van der Waals surface area contributed by atoms with E-state index in [2.05, 4.69) is 9.97 Å². The summed E-state index contributed by atoms with van der Waals surface area (Å²) in [5, 5.41) is 0. The van der Waals surface area contributed by atoms with Crippen LogP contribution < -0.4 is 5.56 Å². The molecule has 2 heterocycles. The van der Waals surface area contributed by atoms with Gasteiger partial charge in [-0.1, -0.05) is 0 Å². The van der Waals surface area contributed by atoms with E-state index >= 15 is 0 Å². The molecule has 1 N–H and O–H groups in total. The second kappa shape index (κ2) is 3.68. The van der Waals surface area contributed by atoms with Gasteiger partial charge in [0.1, 0.15) is 6.10 Å². The smallest absolute Gasteiger partial charge is 0.266 e. The van der Waals surface area contributed by atoms with Gasteiger partial charge >= 0.3 is 0 Å². The van der Waals surface area contributed by atoms with Crippen molar-refractivity contribution in [2.24, 2.45) is 0 Å². The summed E-state index contributed by atoms with van der Waals surface area (Å²) in [5.74, 6) is 0. The molecule has 0 amide bonds. The molecule has 1 aromatic rings. The highest BCUT2D eigenvalue weighted by Gasteiger charge is 2.17. The van der Waals surface area contributed by atoms with Crippen LogP contribution in [-0.4, -0.2) is 29.8 Å². The summed E-state index contributed by atoms with van der Waals surface area (Å²) in [6.45, 7) is 1.64. The molecule has 1 atom stereocenters. The van der Waals surface area contributed by atoms with Gasteiger partial charge in [0.2, 0.25) is 0 Å². The minimum absolute atomic E-state index is 0.185. The Labute approximate surface area is 74.7 Å². The van der Waals surface area contributed by atoms with Crippen molar-refractivity contribution < 1.29 is 9.47 Å². The highest BCUT2D eigenvalue weighted by atomic mass is 16.6. The van der Waals surface area contributed by atoms with Gasteiger partial charge in [-0.15, -0.1) is 0 Å². The molecule has 0 aromatic carbocycles. The Balaban J connectivity index is 2.19. The van der Waals surface area contributed by atoms with Crippen LogP contribution in [0.4, 0.5) is 0 Å². The first kappa shape index (κ1) is 8.40. The predicted molar refractivity (Wildman–Crippen MR) is 44.4 cm³/mol. The molecule has 1 aliphatic heterocycles. The first-order valence-corrected chi connectivity index (χ1v) is 4.10. The van der Waals surface area contributed by atoms with Crippen LogP contribution in [0.3, 0.4) is 0 Å². The van der Waals surface area contributed by atoms with Crippen LogP contribution in [0.2, 0.25) is 0 Å². The van der Waals surface area contributed by atoms with Crippen LogP contribution in [0.25, 0.3) is 0 Å². The quantitative estimate of drug-likeness (QED) is 0.656. The zero-order valence-electron chi connectivity index (χ0n) is 7.03. The number of hydrogen-bond donors (Lipinski definition) is 1. The van der Waals surface area contributed by atoms with Gasteiger partial charge in [-0.3, -0.25) is 9.78 Å². The number of aromatic nitrogens is 2. The second-order valence-electron chi connectivity index (χ2n) is 2.79. The summed E-state index contributed by atoms with van der Waals surface area (Å²) < 4.78 is 10.6. The Hall–Kier alpha value is -1.20. The Morgan fingerprint density at radius 3 is 3.08 bits per heavy atom. The normalized spacial score (nSPS) is 22.9. The molecule has 2 rings (SSSR count). The lowest BCUT2D eigenvalue weighted by Gasteiger charge is -2.22. The van der Waals surface area contributed by atoms with Gasteiger partial charge in [0.05, 0.1) is 31.7 Å². The Bertz CT molecular complexity index is 330. The van der Waals surface area contributed by atoms with Crippen molar-refractivity contribution in [3.63, 3.8) is 0 Å². The van der Waals surface area contributed by atoms with Gasteiger partial charge < -0.3 is 14.5 Å². The van der Waals surface area contributed by atoms with E-state index in [1.54, 1.807) is 6.20 Å². The van der Waals surface area contributed by atoms with Gasteiger partial charge in [-0.05, 0) is 0 Å². The zero-order valence-corrected chi connectivity index (χ0v) is 7.03. The number of aromatic amines is 1. The number of nitrogens with one attached hydrogen (secondary N) is 1. The van der Waals surface area contributed by atoms with Gasteiger partial charge in [0, 0.05) is 6.20 Å². The van der Waals surface area contributed by atoms with Crippen molar-refractivity contribution in [3.8, 4) is 0 Å². The van der Waals surface area contributed by atoms with Gasteiger partial charge in [-0.25, -0.2) is 0 Å². The first-order chi connectivity index (χ1) is 6.36. The van der Waals surface area contributed by atoms with E-state index in [9.17, 15) is 4.79 Å². The highest BCUT2D eigenvalue weighted by molar-refractivity contribution is 5.00. The summed E-state index contributed by atoms with van der Waals surface area (Å²) in [5.41, 5.74) is 0.457. The Morgan fingerprint density at radius 2 is 2.38 bits per heavy atom. The molecule has 1 unspecified atom stereocenters. The molecule has 1 fully saturated rings. The van der Waals surface area contributed by atoms with Gasteiger partial charge in [0.25, 0.3) is 5.56 Å². The molecular formula is C8H10N2O3. The molecule has 0 saturated carbocycles. The number of ether oxygens (including phenoxy) is 2. The van der Waals surface area contributed by atoms with Crippen molar-refractivity contribution in [1.82, 2.24) is 9.97 Å². The van der Waals surface area contributed by atoms with Crippen LogP contribution in [0, 0.1) is 0 Å². The van der Waals surface area contributed by atoms with Crippen LogP contribution in [0.15, 0.2) is 17.2 Å². The van der Waals surface area contributed by atoms with E-state index in [1.165, 1.54) is 6.20 Å². The number of hydrogen-bond acceptors (Lipinski definition) is 4. The molecule has 1 aromatic heterocycles. The maximum absolute atomic E-state index is 10.9. The van der Waals surface area contributed by atoms with Crippen molar-refractivity contribution in [3.05, 3.63) is 28.4 Å². The van der Waals surface area contributed by atoms with E-state index in [0.717, 1.165) is 0 Å². The van der Waals surface area contributed by atoms with E-state index in [4.69, 9.17) is 9.47 Å². The minimum Gasteiger partial charge on any atom is -0.376 e. The van der Waals surface area contributed by atoms with Crippen LogP contribution in [-0.2, 0) is 9.47 Å². The number of nitrogens with zero attached hydrogens (tertiary/aromatic N) is 1. The largest absolute Gasteiger partial charge is 0.376 e. The van der Waals surface area contributed by atoms with Crippen LogP contribution >= 0.6 is 0 Å². The Morgan fingerprint density at radius 1 is 1.46 bits per heavy atom. The molecule has 0 radical (unpaired) electrons. The molecule has 0 bridgehead atoms. The standard InChI is InChI=1S/C8H10N2O3/c11-8-4-9-3-6(10-8)7-5-12-1-2-13-7/h3-4,7H,1-2,5H2,(H,10,11). The summed E-state index contributed by atoms with van der Waals surface area (Å²) in [6, 6.07) is 0. The summed E-state index contributed by atoms with van der Waals surface area (Å²) in [4.78, 5) is 17.4. The van der Waals surface area contributed by atoms with E-state index in [-0.39, 0.29) is 11.7 Å². The molecule has 5 nitrogen and oxygen atoms in total. The van der Waals surface area contributed by atoms with E-state index in [1.807, 2.05) is 0 Å². The average molecular weight is 182 g/mol. The topological polar surface area (TPSA) is 64.2 Å². The van der Waals surface area contributed by atoms with Crippen LogP contribution in [0.1, 0.15) is 11.8 Å². The van der Waals surface area contributed by atoms with Crippen molar-refractivity contribution in [2.45, 2.75) is 6.10 Å². The van der Waals surface area contributed by atoms with E-state index in [0.29, 0.717) is 25.5 Å². The van der Waals surface area contributed by atoms with Gasteiger partial charge in [-0.2, -0.15) is 0 Å². The lowest BCUT2D eigenvalue weighted by atomic mass is 10.2. The molecular weight excluding hydrogens is 172 g/mol. The third-order valence-corrected chi connectivity index (χ3v) is 1.84. The molecule has 0 aliphatic carbocycles. The molecule has 70 valence electrons. The second-order valence-corrected chi connectivity index (χ2v) is 2.79. The molecule has 13 heavy (non-hydrogen) atoms. The number of rotatable bonds is 1. The molecule has 5 heteroatoms. The lowest BCUT2D eigenvalue weighted by Crippen LogP contribution is -2.24. The molecule has 1 aliphatic rings. The summed E-state index contributed by atoms with van der Waals surface area (Å²) >= 11 is 0. The minimum atomic E-state index is -0.216. The maximum Gasteiger partial charge on any atom is 0.266 e. The fourth-order valence-corrected chi connectivity index (χ4v) is 1.22. The van der Waals surface area contributed by atoms with E-state index < -0.39 is 0 Å². The fourth-order valence-electron chi connectivity index (χ4n) is 1.22. The monoisotopic (exact) mass is 182 g/mol. The third kappa shape index (κ3) is 1.93.